The van der Waals surface area contributed by atoms with Crippen LogP contribution in [-0.2, 0) is 35.2 Å². The number of carbonyl (C=O) groups is 1. The van der Waals surface area contributed by atoms with Gasteiger partial charge in [0.2, 0.25) is 0 Å². The zero-order valence-corrected chi connectivity index (χ0v) is 20.6. The average molecular weight is 505 g/mol. The number of hydrogen-bond donors (Lipinski definition) is 1. The average Bonchev–Trinajstić information content (AvgIpc) is 3.38. The third kappa shape index (κ3) is 5.67. The molecular formula is C26H27F3N2O3S. The minimum Gasteiger partial charge on any atom is -0.479 e. The Morgan fingerprint density at radius 2 is 1.89 bits per heavy atom. The van der Waals surface area contributed by atoms with E-state index in [0.29, 0.717) is 10.6 Å². The molecule has 0 fully saturated rings. The number of halogens is 3. The number of alkyl halides is 3. The Morgan fingerprint density at radius 1 is 1.17 bits per heavy atom. The molecule has 1 aromatic heterocycles. The lowest BCUT2D eigenvalue weighted by Gasteiger charge is -2.22. The predicted octanol–water partition coefficient (Wildman–Crippen LogP) is 6.12. The summed E-state index contributed by atoms with van der Waals surface area (Å²) in [6, 6.07) is 11.2. The lowest BCUT2D eigenvalue weighted by atomic mass is 10.1. The van der Waals surface area contributed by atoms with Gasteiger partial charge in [-0.2, -0.15) is 13.2 Å². The Kier molecular flexibility index (Phi) is 6.92. The number of aromatic nitrogens is 1. The van der Waals surface area contributed by atoms with Gasteiger partial charge in [-0.05, 0) is 56.5 Å². The highest BCUT2D eigenvalue weighted by Crippen LogP contribution is 2.34. The first kappa shape index (κ1) is 25.2. The third-order valence-electron chi connectivity index (χ3n) is 6.22. The molecule has 0 aliphatic carbocycles. The van der Waals surface area contributed by atoms with E-state index in [4.69, 9.17) is 4.74 Å². The molecule has 0 unspecified atom stereocenters. The molecule has 4 rings (SSSR count). The maximum absolute atomic E-state index is 12.8. The Morgan fingerprint density at radius 3 is 2.54 bits per heavy atom. The highest BCUT2D eigenvalue weighted by atomic mass is 32.1. The molecule has 9 heteroatoms. The lowest BCUT2D eigenvalue weighted by molar-refractivity contribution is -0.162. The molecule has 0 bridgehead atoms. The Balaban J connectivity index is 1.42. The highest BCUT2D eigenvalue weighted by Gasteiger charge is 2.30. The van der Waals surface area contributed by atoms with Gasteiger partial charge in [-0.15, -0.1) is 11.3 Å². The van der Waals surface area contributed by atoms with Gasteiger partial charge >= 0.3 is 12.1 Å². The Bertz CT molecular complexity index is 1220. The maximum atomic E-state index is 12.8. The summed E-state index contributed by atoms with van der Waals surface area (Å²) >= 11 is 1.51. The van der Waals surface area contributed by atoms with Gasteiger partial charge in [-0.25, -0.2) is 9.78 Å². The molecule has 2 heterocycles. The van der Waals surface area contributed by atoms with E-state index >= 15 is 0 Å². The van der Waals surface area contributed by atoms with Crippen LogP contribution in [0, 0.1) is 6.92 Å². The van der Waals surface area contributed by atoms with E-state index in [1.807, 2.05) is 13.0 Å². The van der Waals surface area contributed by atoms with Gasteiger partial charge in [0.05, 0.1) is 17.9 Å². The summed E-state index contributed by atoms with van der Waals surface area (Å²) in [5.74, 6) is -1.00. The van der Waals surface area contributed by atoms with Crippen LogP contribution in [-0.4, -0.2) is 34.8 Å². The summed E-state index contributed by atoms with van der Waals surface area (Å²) in [6.45, 7) is 6.88. The number of hydrogen-bond acceptors (Lipinski definition) is 5. The Hall–Kier alpha value is -2.91. The van der Waals surface area contributed by atoms with E-state index in [1.54, 1.807) is 0 Å². The number of aliphatic carboxylic acids is 1. The fourth-order valence-electron chi connectivity index (χ4n) is 3.96. The first-order chi connectivity index (χ1) is 16.4. The second-order valence-electron chi connectivity index (χ2n) is 9.16. The minimum absolute atomic E-state index is 0.213. The number of anilines is 1. The van der Waals surface area contributed by atoms with Crippen molar-refractivity contribution in [2.75, 3.05) is 18.0 Å². The van der Waals surface area contributed by atoms with Crippen molar-refractivity contribution in [1.82, 2.24) is 4.98 Å². The first-order valence-corrected chi connectivity index (χ1v) is 12.1. The molecule has 35 heavy (non-hydrogen) atoms. The van der Waals surface area contributed by atoms with Crippen molar-refractivity contribution >= 4 is 23.0 Å². The van der Waals surface area contributed by atoms with Gasteiger partial charge in [0, 0.05) is 35.6 Å². The molecule has 5 nitrogen and oxygen atoms in total. The second kappa shape index (κ2) is 9.62. The molecule has 1 N–H and O–H groups in total. The number of fused-ring (bicyclic) bond motifs is 1. The van der Waals surface area contributed by atoms with E-state index in [2.05, 4.69) is 22.0 Å². The molecule has 0 saturated carbocycles. The zero-order valence-electron chi connectivity index (χ0n) is 19.8. The molecule has 0 spiro atoms. The predicted molar refractivity (Wildman–Crippen MR) is 130 cm³/mol. The number of carboxylic acids is 1. The molecule has 1 aliphatic heterocycles. The summed E-state index contributed by atoms with van der Waals surface area (Å²) in [7, 11) is 0. The van der Waals surface area contributed by atoms with Crippen molar-refractivity contribution in [1.29, 1.82) is 0 Å². The van der Waals surface area contributed by atoms with Crippen LogP contribution in [0.25, 0.3) is 10.6 Å². The van der Waals surface area contributed by atoms with E-state index < -0.39 is 23.3 Å². The van der Waals surface area contributed by atoms with Crippen LogP contribution in [0.3, 0.4) is 0 Å². The van der Waals surface area contributed by atoms with Crippen LogP contribution in [0.15, 0.2) is 42.5 Å². The van der Waals surface area contributed by atoms with E-state index in [-0.39, 0.29) is 6.61 Å². The number of carboxylic acid groups (broad SMARTS) is 1. The molecule has 0 saturated heterocycles. The van der Waals surface area contributed by atoms with E-state index in [0.717, 1.165) is 59.9 Å². The molecule has 2 aromatic carbocycles. The monoisotopic (exact) mass is 504 g/mol. The number of rotatable bonds is 8. The summed E-state index contributed by atoms with van der Waals surface area (Å²) < 4.78 is 44.1. The zero-order chi connectivity index (χ0) is 25.4. The molecule has 186 valence electrons. The van der Waals surface area contributed by atoms with Gasteiger partial charge in [0.15, 0.2) is 5.60 Å². The Labute approximate surface area is 206 Å². The van der Waals surface area contributed by atoms with Crippen molar-refractivity contribution in [3.8, 4) is 10.6 Å². The number of ether oxygens (including phenoxy) is 1. The minimum atomic E-state index is -4.35. The fraction of sp³-hybridized carbons (Fsp3) is 0.385. The summed E-state index contributed by atoms with van der Waals surface area (Å²) in [5, 5.41) is 9.97. The van der Waals surface area contributed by atoms with E-state index in [9.17, 15) is 23.1 Å². The van der Waals surface area contributed by atoms with Crippen LogP contribution in [0.2, 0.25) is 0 Å². The van der Waals surface area contributed by atoms with Crippen molar-refractivity contribution in [2.24, 2.45) is 0 Å². The smallest absolute Gasteiger partial charge is 0.416 e. The van der Waals surface area contributed by atoms with Crippen LogP contribution in [0.1, 0.15) is 41.1 Å². The number of thiazole rings is 1. The van der Waals surface area contributed by atoms with Gasteiger partial charge in [0.25, 0.3) is 0 Å². The molecule has 0 atom stereocenters. The van der Waals surface area contributed by atoms with Crippen molar-refractivity contribution < 1.29 is 27.8 Å². The highest BCUT2D eigenvalue weighted by molar-refractivity contribution is 7.15. The van der Waals surface area contributed by atoms with Crippen molar-refractivity contribution in [3.63, 3.8) is 0 Å². The lowest BCUT2D eigenvalue weighted by Crippen LogP contribution is -2.34. The SMILES string of the molecule is Cc1nc(-c2ccc(C(F)(F)F)cc2)sc1CCN1CCc2ccc(COC(C)(C)C(=O)O)cc21. The van der Waals surface area contributed by atoms with Gasteiger partial charge in [0.1, 0.15) is 5.01 Å². The first-order valence-electron chi connectivity index (χ1n) is 11.3. The summed E-state index contributed by atoms with van der Waals surface area (Å²) in [6.07, 6.45) is -2.64. The van der Waals surface area contributed by atoms with Gasteiger partial charge in [-0.3, -0.25) is 0 Å². The largest absolute Gasteiger partial charge is 0.479 e. The van der Waals surface area contributed by atoms with Crippen LogP contribution in [0.4, 0.5) is 18.9 Å². The fourth-order valence-corrected chi connectivity index (χ4v) is 5.02. The van der Waals surface area contributed by atoms with Crippen molar-refractivity contribution in [2.45, 2.75) is 52.0 Å². The third-order valence-corrected chi connectivity index (χ3v) is 7.48. The molecule has 0 amide bonds. The number of nitrogens with zero attached hydrogens (tertiary/aromatic N) is 2. The van der Waals surface area contributed by atoms with Crippen molar-refractivity contribution in [3.05, 3.63) is 69.7 Å². The maximum Gasteiger partial charge on any atom is 0.416 e. The second-order valence-corrected chi connectivity index (χ2v) is 10.2. The van der Waals surface area contributed by atoms with Crippen LogP contribution >= 0.6 is 11.3 Å². The van der Waals surface area contributed by atoms with E-state index in [1.165, 1.54) is 42.9 Å². The normalized spacial score (nSPS) is 13.8. The molecule has 0 radical (unpaired) electrons. The molecular weight excluding hydrogens is 477 g/mol. The number of benzene rings is 2. The quantitative estimate of drug-likeness (QED) is 0.400. The number of aryl methyl sites for hydroxylation is 1. The summed E-state index contributed by atoms with van der Waals surface area (Å²) in [4.78, 5) is 19.3. The molecule has 3 aromatic rings. The standard InChI is InChI=1S/C26H27F3N2O3S/c1-16-22(35-23(30-16)19-6-8-20(9-7-19)26(27,28)29)11-13-31-12-10-18-5-4-17(14-21(18)31)15-34-25(2,3)24(32)33/h4-9,14H,10-13,15H2,1-3H3,(H,32,33). The topological polar surface area (TPSA) is 62.7 Å². The van der Waals surface area contributed by atoms with Gasteiger partial charge < -0.3 is 14.7 Å². The van der Waals surface area contributed by atoms with Gasteiger partial charge in [-0.1, -0.05) is 24.3 Å². The summed E-state index contributed by atoms with van der Waals surface area (Å²) in [5.41, 5.74) is 2.94. The van der Waals surface area contributed by atoms with Crippen LogP contribution < -0.4 is 4.90 Å². The molecule has 1 aliphatic rings. The van der Waals surface area contributed by atoms with Crippen LogP contribution in [0.5, 0.6) is 0 Å².